The van der Waals surface area contributed by atoms with Gasteiger partial charge in [-0.05, 0) is 121 Å². The van der Waals surface area contributed by atoms with Gasteiger partial charge in [0.1, 0.15) is 34.5 Å². The summed E-state index contributed by atoms with van der Waals surface area (Å²) in [5.41, 5.74) is 4.05. The molecule has 0 saturated carbocycles. The Morgan fingerprint density at radius 3 is 0.888 bits per heavy atom. The van der Waals surface area contributed by atoms with Gasteiger partial charge in [0.25, 0.3) is 12.9 Å². The van der Waals surface area contributed by atoms with E-state index in [2.05, 4.69) is 70.2 Å². The van der Waals surface area contributed by atoms with Crippen LogP contribution >= 0.6 is 0 Å². The maximum atomic E-state index is 13.0. The number of hydrogen-bond donors (Lipinski definition) is 0. The SMILES string of the molecule is CC(F)(F)Oc1ccc(-c2cn3c(C(F)F)nnc3cn2)cc1.FC(F)(F)Oc1ccc(-c2cn3c(C(F)(F)F)nnc3cn2)cc1.FC(F)(F)c1nnc2cnc(-c3ccc(Oc4ccccc4)cc3)cn12.FC(F)c1nnc2cnc(-c3ccc(Oc4ccccc4)cc3)cn12. The lowest BCUT2D eigenvalue weighted by Crippen LogP contribution is -2.18. The Morgan fingerprint density at radius 1 is 0.316 bits per heavy atom. The molecule has 35 heteroatoms. The third-order valence-corrected chi connectivity index (χ3v) is 13.2. The van der Waals surface area contributed by atoms with Crippen LogP contribution in [-0.2, 0) is 12.4 Å². The number of alkyl halides is 15. The maximum Gasteiger partial charge on any atom is 0.573 e. The van der Waals surface area contributed by atoms with Crippen molar-refractivity contribution in [3.63, 3.8) is 0 Å². The second-order valence-corrected chi connectivity index (χ2v) is 20.1. The number of hydrogen-bond acceptors (Lipinski definition) is 16. The normalized spacial score (nSPS) is 11.9. The number of para-hydroxylation sites is 2. The first-order valence-corrected chi connectivity index (χ1v) is 27.9. The highest BCUT2D eigenvalue weighted by molar-refractivity contribution is 5.64. The molecule has 14 rings (SSSR count). The summed E-state index contributed by atoms with van der Waals surface area (Å²) in [5, 5.41) is 27.3. The van der Waals surface area contributed by atoms with Crippen molar-refractivity contribution < 1.29 is 84.8 Å². The molecule has 0 amide bonds. The van der Waals surface area contributed by atoms with Crippen LogP contribution in [0.1, 0.15) is 43.1 Å². The van der Waals surface area contributed by atoms with Crippen LogP contribution in [0.25, 0.3) is 67.6 Å². The fourth-order valence-corrected chi connectivity index (χ4v) is 8.89. The first kappa shape index (κ1) is 67.1. The minimum Gasteiger partial charge on any atom is -0.457 e. The van der Waals surface area contributed by atoms with Gasteiger partial charge in [0, 0.05) is 54.0 Å². The molecule has 6 aromatic carbocycles. The zero-order chi connectivity index (χ0) is 69.5. The van der Waals surface area contributed by atoms with Crippen molar-refractivity contribution in [1.29, 1.82) is 0 Å². The summed E-state index contributed by atoms with van der Waals surface area (Å²) in [7, 11) is 0. The highest BCUT2D eigenvalue weighted by atomic mass is 19.4. The van der Waals surface area contributed by atoms with Crippen molar-refractivity contribution in [2.45, 2.75) is 44.6 Å². The van der Waals surface area contributed by atoms with Crippen LogP contribution in [0.5, 0.6) is 34.5 Å². The van der Waals surface area contributed by atoms with E-state index in [4.69, 9.17) is 9.47 Å². The minimum atomic E-state index is -4.83. The zero-order valence-corrected chi connectivity index (χ0v) is 49.2. The molecular weight excluding hydrogens is 1330 g/mol. The van der Waals surface area contributed by atoms with Gasteiger partial charge in [0.2, 0.25) is 23.3 Å². The van der Waals surface area contributed by atoms with Gasteiger partial charge in [-0.3, -0.25) is 37.5 Å². The van der Waals surface area contributed by atoms with E-state index in [0.29, 0.717) is 62.3 Å². The Morgan fingerprint density at radius 2 is 0.592 bits per heavy atom. The Balaban J connectivity index is 0.000000132. The van der Waals surface area contributed by atoms with Gasteiger partial charge in [-0.2, -0.15) is 35.1 Å². The van der Waals surface area contributed by atoms with Crippen molar-refractivity contribution in [1.82, 2.24) is 78.3 Å². The van der Waals surface area contributed by atoms with Gasteiger partial charge in [-0.25, -0.2) is 17.6 Å². The first-order valence-electron chi connectivity index (χ1n) is 27.9. The molecule has 0 spiro atoms. The zero-order valence-electron chi connectivity index (χ0n) is 49.2. The molecule has 500 valence electrons. The van der Waals surface area contributed by atoms with Gasteiger partial charge in [-0.15, -0.1) is 54.0 Å². The summed E-state index contributed by atoms with van der Waals surface area (Å²) in [6.45, 7) is 0.633. The van der Waals surface area contributed by atoms with Crippen LogP contribution in [-0.4, -0.2) is 90.8 Å². The third kappa shape index (κ3) is 16.6. The molecule has 0 bridgehead atoms. The molecule has 8 aromatic heterocycles. The number of fused-ring (bicyclic) bond motifs is 4. The summed E-state index contributed by atoms with van der Waals surface area (Å²) < 4.78 is 214. The highest BCUT2D eigenvalue weighted by Crippen LogP contribution is 2.34. The highest BCUT2D eigenvalue weighted by Gasteiger charge is 2.38. The van der Waals surface area contributed by atoms with Crippen LogP contribution < -0.4 is 18.9 Å². The van der Waals surface area contributed by atoms with E-state index in [9.17, 15) is 65.9 Å². The fourth-order valence-electron chi connectivity index (χ4n) is 8.89. The molecule has 0 aliphatic carbocycles. The number of halogens is 15. The molecule has 0 aliphatic rings. The van der Waals surface area contributed by atoms with Crippen LogP contribution in [0.3, 0.4) is 0 Å². The van der Waals surface area contributed by atoms with Crippen molar-refractivity contribution in [3.8, 4) is 79.5 Å². The summed E-state index contributed by atoms with van der Waals surface area (Å²) in [6, 6.07) is 43.1. The van der Waals surface area contributed by atoms with E-state index < -0.39 is 66.7 Å². The number of ether oxygens (including phenoxy) is 4. The Hall–Kier alpha value is -12.3. The molecular formula is C63H39F15N16O4. The molecule has 14 aromatic rings. The van der Waals surface area contributed by atoms with Crippen molar-refractivity contribution in [3.05, 3.63) is 231 Å². The van der Waals surface area contributed by atoms with Crippen molar-refractivity contribution >= 4 is 22.6 Å². The van der Waals surface area contributed by atoms with Gasteiger partial charge < -0.3 is 18.9 Å². The molecule has 0 N–H and O–H groups in total. The summed E-state index contributed by atoms with van der Waals surface area (Å²) in [5.74, 6) is -0.947. The minimum absolute atomic E-state index is 0.0140. The average Bonchev–Trinajstić information content (AvgIpc) is 1.62. The van der Waals surface area contributed by atoms with Crippen LogP contribution in [0.15, 0.2) is 207 Å². The number of rotatable bonds is 13. The van der Waals surface area contributed by atoms with E-state index in [1.54, 1.807) is 36.4 Å². The van der Waals surface area contributed by atoms with E-state index in [0.717, 1.165) is 44.6 Å². The molecule has 98 heavy (non-hydrogen) atoms. The molecule has 8 heterocycles. The quantitative estimate of drug-likeness (QED) is 0.0983. The molecule has 0 radical (unpaired) electrons. The lowest BCUT2D eigenvalue weighted by atomic mass is 10.1. The monoisotopic (exact) mass is 1370 g/mol. The molecule has 0 saturated heterocycles. The van der Waals surface area contributed by atoms with Crippen LogP contribution in [0.2, 0.25) is 0 Å². The largest absolute Gasteiger partial charge is 0.573 e. The summed E-state index contributed by atoms with van der Waals surface area (Å²) >= 11 is 0. The second-order valence-electron chi connectivity index (χ2n) is 20.1. The van der Waals surface area contributed by atoms with E-state index in [-0.39, 0.29) is 34.0 Å². The second kappa shape index (κ2) is 27.9. The third-order valence-electron chi connectivity index (χ3n) is 13.2. The smallest absolute Gasteiger partial charge is 0.457 e. The average molecular weight is 1370 g/mol. The van der Waals surface area contributed by atoms with Crippen LogP contribution in [0.4, 0.5) is 65.9 Å². The Labute approximate surface area is 538 Å². The molecule has 0 unspecified atom stereocenters. The molecule has 0 aliphatic heterocycles. The first-order chi connectivity index (χ1) is 46.7. The van der Waals surface area contributed by atoms with Crippen molar-refractivity contribution in [2.75, 3.05) is 0 Å². The molecule has 0 atom stereocenters. The summed E-state index contributed by atoms with van der Waals surface area (Å²) in [4.78, 5) is 16.4. The predicted octanol–water partition coefficient (Wildman–Crippen LogP) is 16.6. The maximum absolute atomic E-state index is 13.0. The number of benzene rings is 6. The van der Waals surface area contributed by atoms with Gasteiger partial charge in [-0.1, -0.05) is 36.4 Å². The van der Waals surface area contributed by atoms with Gasteiger partial charge in [0.05, 0.1) is 47.6 Å². The molecule has 0 fully saturated rings. The predicted molar refractivity (Wildman–Crippen MR) is 316 cm³/mol. The molecule has 20 nitrogen and oxygen atoms in total. The lowest BCUT2D eigenvalue weighted by Gasteiger charge is -2.13. The Bertz CT molecular complexity index is 5000. The topological polar surface area (TPSA) is 209 Å². The number of nitrogens with zero attached hydrogens (tertiary/aromatic N) is 16. The summed E-state index contributed by atoms with van der Waals surface area (Å²) in [6.07, 6.45) is -12.6. The van der Waals surface area contributed by atoms with Gasteiger partial charge in [0.15, 0.2) is 22.6 Å². The number of aromatic nitrogens is 16. The van der Waals surface area contributed by atoms with E-state index >= 15 is 0 Å². The Kier molecular flexibility index (Phi) is 19.1. The van der Waals surface area contributed by atoms with Gasteiger partial charge >= 0.3 is 24.8 Å². The van der Waals surface area contributed by atoms with Crippen molar-refractivity contribution in [2.24, 2.45) is 0 Å². The standard InChI is InChI=1S/C18H11F3N4O.C18H12F2N4O.C14H10F4N4O.C13H6F6N4O/c19-18(20,21)17-24-23-16-10-22-15(11-25(16)17)12-6-8-14(9-7-12)26-13-4-2-1-3-5-13;19-17(20)18-23-22-16-10-21-15(11-24(16)18)12-6-8-14(9-7-12)25-13-4-2-1-3-5-13;1-14(17,18)23-9-4-2-8(3-5-9)10-7-22-11(6-19-10)20-21-13(22)12(15)16;14-12(15,16)11-22-21-10-5-20-9(6-23(10)11)7-1-3-8(4-2-7)24-13(17,18)19/h1-11H;1-11,17H;2-7,12H,1H3;1-6H. The fraction of sp³-hybridized carbons (Fsp3) is 0.111. The lowest BCUT2D eigenvalue weighted by molar-refractivity contribution is -0.274. The van der Waals surface area contributed by atoms with Crippen LogP contribution in [0, 0.1) is 0 Å². The van der Waals surface area contributed by atoms with E-state index in [1.807, 2.05) is 72.8 Å². The van der Waals surface area contributed by atoms with E-state index in [1.165, 1.54) is 78.0 Å².